The smallest absolute Gasteiger partial charge is 0.123 e. The fraction of sp³-hybridized carbons (Fsp3) is 0.182. The number of rotatable bonds is 3. The van der Waals surface area contributed by atoms with Crippen molar-refractivity contribution in [1.29, 1.82) is 0 Å². The molecule has 15 heavy (non-hydrogen) atoms. The fourth-order valence-corrected chi connectivity index (χ4v) is 2.05. The molecule has 0 bridgehead atoms. The summed E-state index contributed by atoms with van der Waals surface area (Å²) >= 11 is 1.52. The van der Waals surface area contributed by atoms with Gasteiger partial charge in [-0.15, -0.1) is 11.3 Å². The normalized spacial score (nSPS) is 12.7. The second-order valence-corrected chi connectivity index (χ2v) is 4.07. The van der Waals surface area contributed by atoms with Crippen LogP contribution in [0.2, 0.25) is 0 Å². The van der Waals surface area contributed by atoms with Gasteiger partial charge in [0, 0.05) is 5.38 Å². The highest BCUT2D eigenvalue weighted by Crippen LogP contribution is 2.16. The van der Waals surface area contributed by atoms with Crippen molar-refractivity contribution >= 4 is 11.3 Å². The van der Waals surface area contributed by atoms with Crippen molar-refractivity contribution in [3.8, 4) is 0 Å². The van der Waals surface area contributed by atoms with E-state index in [2.05, 4.69) is 4.98 Å². The monoisotopic (exact) mass is 222 g/mol. The average molecular weight is 222 g/mol. The average Bonchev–Trinajstić information content (AvgIpc) is 2.70. The van der Waals surface area contributed by atoms with Gasteiger partial charge in [-0.3, -0.25) is 0 Å². The van der Waals surface area contributed by atoms with Gasteiger partial charge in [-0.2, -0.15) is 0 Å². The molecule has 1 aromatic heterocycles. The predicted octanol–water partition coefficient (Wildman–Crippen LogP) is 2.52. The third kappa shape index (κ3) is 2.61. The highest BCUT2D eigenvalue weighted by atomic mass is 32.1. The van der Waals surface area contributed by atoms with Gasteiger partial charge in [0.1, 0.15) is 5.82 Å². The molecule has 1 aromatic carbocycles. The van der Waals surface area contributed by atoms with Crippen LogP contribution in [0.4, 0.5) is 4.39 Å². The van der Waals surface area contributed by atoms with Crippen LogP contribution in [0.15, 0.2) is 35.2 Å². The number of halogens is 1. The molecule has 1 heterocycles. The lowest BCUT2D eigenvalue weighted by atomic mass is 10.0. The third-order valence-electron chi connectivity index (χ3n) is 2.18. The van der Waals surface area contributed by atoms with Gasteiger partial charge in [0.05, 0.1) is 17.2 Å². The Balaban J connectivity index is 2.09. The molecule has 2 N–H and O–H groups in total. The Morgan fingerprint density at radius 1 is 1.47 bits per heavy atom. The fourth-order valence-electron chi connectivity index (χ4n) is 1.43. The quantitative estimate of drug-likeness (QED) is 0.866. The lowest BCUT2D eigenvalue weighted by Crippen LogP contribution is -2.13. The van der Waals surface area contributed by atoms with E-state index < -0.39 is 0 Å². The molecule has 0 spiro atoms. The summed E-state index contributed by atoms with van der Waals surface area (Å²) in [5.41, 5.74) is 9.46. The van der Waals surface area contributed by atoms with Crippen molar-refractivity contribution in [3.05, 3.63) is 52.2 Å². The lowest BCUT2D eigenvalue weighted by molar-refractivity contribution is 0.621. The van der Waals surface area contributed by atoms with Crippen molar-refractivity contribution in [3.63, 3.8) is 0 Å². The van der Waals surface area contributed by atoms with E-state index >= 15 is 0 Å². The Labute approximate surface area is 91.6 Å². The van der Waals surface area contributed by atoms with Crippen LogP contribution in [0.5, 0.6) is 0 Å². The molecule has 2 nitrogen and oxygen atoms in total. The minimum atomic E-state index is -0.224. The van der Waals surface area contributed by atoms with Gasteiger partial charge in [0.2, 0.25) is 0 Å². The van der Waals surface area contributed by atoms with Crippen molar-refractivity contribution < 1.29 is 4.39 Å². The summed E-state index contributed by atoms with van der Waals surface area (Å²) in [4.78, 5) is 4.13. The van der Waals surface area contributed by atoms with E-state index in [1.165, 1.54) is 23.5 Å². The van der Waals surface area contributed by atoms with Crippen LogP contribution < -0.4 is 5.73 Å². The van der Waals surface area contributed by atoms with E-state index in [0.29, 0.717) is 6.42 Å². The van der Waals surface area contributed by atoms with Crippen molar-refractivity contribution in [2.24, 2.45) is 5.73 Å². The number of hydrogen-bond donors (Lipinski definition) is 1. The Morgan fingerprint density at radius 2 is 2.33 bits per heavy atom. The highest BCUT2D eigenvalue weighted by Gasteiger charge is 2.08. The SMILES string of the molecule is NC(Cc1cccc(F)c1)c1cscn1. The maximum absolute atomic E-state index is 12.9. The lowest BCUT2D eigenvalue weighted by Gasteiger charge is -2.08. The Bertz CT molecular complexity index is 428. The van der Waals surface area contributed by atoms with Gasteiger partial charge in [0.25, 0.3) is 0 Å². The van der Waals surface area contributed by atoms with E-state index in [4.69, 9.17) is 5.73 Å². The third-order valence-corrected chi connectivity index (χ3v) is 2.78. The van der Waals surface area contributed by atoms with Gasteiger partial charge in [-0.05, 0) is 24.1 Å². The second kappa shape index (κ2) is 4.51. The summed E-state index contributed by atoms with van der Waals surface area (Å²) in [7, 11) is 0. The van der Waals surface area contributed by atoms with Crippen LogP contribution in [-0.4, -0.2) is 4.98 Å². The number of benzene rings is 1. The Kier molecular flexibility index (Phi) is 3.08. The molecular formula is C11H11FN2S. The molecule has 1 atom stereocenters. The van der Waals surface area contributed by atoms with Gasteiger partial charge in [-0.1, -0.05) is 12.1 Å². The van der Waals surface area contributed by atoms with Crippen LogP contribution in [0.3, 0.4) is 0 Å². The van der Waals surface area contributed by atoms with Crippen LogP contribution in [0.25, 0.3) is 0 Å². The van der Waals surface area contributed by atoms with Crippen molar-refractivity contribution in [2.45, 2.75) is 12.5 Å². The second-order valence-electron chi connectivity index (χ2n) is 3.35. The molecule has 4 heteroatoms. The summed E-state index contributed by atoms with van der Waals surface area (Å²) in [5.74, 6) is -0.224. The first-order valence-electron chi connectivity index (χ1n) is 4.64. The summed E-state index contributed by atoms with van der Waals surface area (Å²) in [6, 6.07) is 6.34. The molecule has 2 rings (SSSR count). The molecule has 0 aliphatic carbocycles. The summed E-state index contributed by atoms with van der Waals surface area (Å²) in [6.07, 6.45) is 0.613. The topological polar surface area (TPSA) is 38.9 Å². The van der Waals surface area contributed by atoms with Gasteiger partial charge in [-0.25, -0.2) is 9.37 Å². The zero-order valence-corrected chi connectivity index (χ0v) is 8.88. The zero-order valence-electron chi connectivity index (χ0n) is 8.06. The predicted molar refractivity (Wildman–Crippen MR) is 59.1 cm³/mol. The first kappa shape index (κ1) is 10.3. The van der Waals surface area contributed by atoms with Gasteiger partial charge >= 0.3 is 0 Å². The first-order chi connectivity index (χ1) is 7.25. The van der Waals surface area contributed by atoms with Crippen LogP contribution in [0.1, 0.15) is 17.3 Å². The molecule has 0 saturated carbocycles. The van der Waals surface area contributed by atoms with Crippen LogP contribution in [0, 0.1) is 5.82 Å². The molecule has 0 fully saturated rings. The Morgan fingerprint density at radius 3 is 3.00 bits per heavy atom. The molecule has 2 aromatic rings. The van der Waals surface area contributed by atoms with Crippen LogP contribution in [-0.2, 0) is 6.42 Å². The molecule has 0 amide bonds. The molecule has 0 radical (unpaired) electrons. The van der Waals surface area contributed by atoms with Gasteiger partial charge in [0.15, 0.2) is 0 Å². The standard InChI is InChI=1S/C11H11FN2S/c12-9-3-1-2-8(4-9)5-10(13)11-6-15-7-14-11/h1-4,6-7,10H,5,13H2. The first-order valence-corrected chi connectivity index (χ1v) is 5.58. The molecule has 1 unspecified atom stereocenters. The molecule has 0 saturated heterocycles. The van der Waals surface area contributed by atoms with Crippen LogP contribution >= 0.6 is 11.3 Å². The van der Waals surface area contributed by atoms with Crippen molar-refractivity contribution in [1.82, 2.24) is 4.98 Å². The van der Waals surface area contributed by atoms with E-state index in [1.807, 2.05) is 11.4 Å². The number of nitrogens with two attached hydrogens (primary N) is 1. The number of hydrogen-bond acceptors (Lipinski definition) is 3. The Hall–Kier alpha value is -1.26. The van der Waals surface area contributed by atoms with E-state index in [1.54, 1.807) is 11.6 Å². The zero-order chi connectivity index (χ0) is 10.7. The summed E-state index contributed by atoms with van der Waals surface area (Å²) < 4.78 is 12.9. The van der Waals surface area contributed by atoms with Gasteiger partial charge < -0.3 is 5.73 Å². The summed E-state index contributed by atoms with van der Waals surface area (Å²) in [5, 5.41) is 1.92. The number of nitrogens with zero attached hydrogens (tertiary/aromatic N) is 1. The molecule has 78 valence electrons. The van der Waals surface area contributed by atoms with Crippen molar-refractivity contribution in [2.75, 3.05) is 0 Å². The highest BCUT2D eigenvalue weighted by molar-refractivity contribution is 7.07. The van der Waals surface area contributed by atoms with E-state index in [9.17, 15) is 4.39 Å². The number of thiazole rings is 1. The maximum Gasteiger partial charge on any atom is 0.123 e. The van der Waals surface area contributed by atoms with E-state index in [0.717, 1.165) is 11.3 Å². The summed E-state index contributed by atoms with van der Waals surface area (Å²) in [6.45, 7) is 0. The molecule has 0 aliphatic rings. The molecular weight excluding hydrogens is 211 g/mol. The molecule has 0 aliphatic heterocycles. The largest absolute Gasteiger partial charge is 0.322 e. The number of aromatic nitrogens is 1. The minimum absolute atomic E-state index is 0.155. The van der Waals surface area contributed by atoms with E-state index in [-0.39, 0.29) is 11.9 Å². The maximum atomic E-state index is 12.9. The minimum Gasteiger partial charge on any atom is -0.322 e.